The van der Waals surface area contributed by atoms with Crippen LogP contribution in [0.3, 0.4) is 0 Å². The highest BCUT2D eigenvalue weighted by molar-refractivity contribution is 4.75. The second kappa shape index (κ2) is 4.60. The van der Waals surface area contributed by atoms with Crippen molar-refractivity contribution in [2.24, 2.45) is 0 Å². The van der Waals surface area contributed by atoms with E-state index in [1.54, 1.807) is 0 Å². The van der Waals surface area contributed by atoms with E-state index in [1.165, 1.54) is 0 Å². The summed E-state index contributed by atoms with van der Waals surface area (Å²) in [5, 5.41) is 9.62. The number of hydrogen-bond acceptors (Lipinski definition) is 3. The minimum atomic E-state index is -0.551. The summed E-state index contributed by atoms with van der Waals surface area (Å²) in [6.45, 7) is 10.9. The molecule has 0 aromatic carbocycles. The van der Waals surface area contributed by atoms with Crippen molar-refractivity contribution in [1.82, 2.24) is 4.90 Å². The monoisotopic (exact) mass is 201 g/mol. The molecule has 0 aromatic rings. The maximum Gasteiger partial charge on any atom is 0.0678 e. The Hall–Kier alpha value is -0.120. The molecule has 1 N–H and O–H groups in total. The first-order valence-electron chi connectivity index (χ1n) is 5.47. The zero-order chi connectivity index (χ0) is 10.8. The largest absolute Gasteiger partial charge is 0.390 e. The van der Waals surface area contributed by atoms with E-state index in [2.05, 4.69) is 18.7 Å². The van der Waals surface area contributed by atoms with Gasteiger partial charge in [0, 0.05) is 19.6 Å². The van der Waals surface area contributed by atoms with Crippen LogP contribution in [-0.2, 0) is 4.74 Å². The number of morpholine rings is 1. The molecule has 1 fully saturated rings. The van der Waals surface area contributed by atoms with Crippen LogP contribution in [0.5, 0.6) is 0 Å². The summed E-state index contributed by atoms with van der Waals surface area (Å²) in [7, 11) is 0. The molecule has 2 atom stereocenters. The standard InChI is InChI=1S/C11H23NO2/c1-9-7-12(8-10(2)14-9)6-5-11(3,4)13/h9-10,13H,5-8H2,1-4H3. The van der Waals surface area contributed by atoms with Gasteiger partial charge in [0.05, 0.1) is 17.8 Å². The van der Waals surface area contributed by atoms with E-state index in [0.29, 0.717) is 12.2 Å². The van der Waals surface area contributed by atoms with Crippen molar-refractivity contribution in [3.8, 4) is 0 Å². The van der Waals surface area contributed by atoms with Gasteiger partial charge in [0.25, 0.3) is 0 Å². The lowest BCUT2D eigenvalue weighted by Crippen LogP contribution is -2.46. The molecule has 0 aromatic heterocycles. The highest BCUT2D eigenvalue weighted by atomic mass is 16.5. The molecule has 1 heterocycles. The lowest BCUT2D eigenvalue weighted by Gasteiger charge is -2.36. The normalized spacial score (nSPS) is 30.6. The van der Waals surface area contributed by atoms with Crippen molar-refractivity contribution < 1.29 is 9.84 Å². The van der Waals surface area contributed by atoms with Gasteiger partial charge in [-0.15, -0.1) is 0 Å². The van der Waals surface area contributed by atoms with Crippen LogP contribution in [0.2, 0.25) is 0 Å². The molecule has 0 spiro atoms. The fourth-order valence-corrected chi connectivity index (χ4v) is 1.90. The third-order valence-corrected chi connectivity index (χ3v) is 2.54. The van der Waals surface area contributed by atoms with Crippen LogP contribution in [0.1, 0.15) is 34.1 Å². The van der Waals surface area contributed by atoms with Gasteiger partial charge in [-0.05, 0) is 34.1 Å². The molecule has 0 amide bonds. The molecule has 3 heteroatoms. The van der Waals surface area contributed by atoms with E-state index in [4.69, 9.17) is 4.74 Å². The first kappa shape index (κ1) is 12.0. The van der Waals surface area contributed by atoms with E-state index < -0.39 is 5.60 Å². The zero-order valence-corrected chi connectivity index (χ0v) is 9.79. The maximum absolute atomic E-state index is 9.62. The first-order chi connectivity index (χ1) is 6.37. The van der Waals surface area contributed by atoms with Crippen molar-refractivity contribution in [3.05, 3.63) is 0 Å². The number of aliphatic hydroxyl groups is 1. The molecule has 1 saturated heterocycles. The summed E-state index contributed by atoms with van der Waals surface area (Å²) in [4.78, 5) is 2.37. The van der Waals surface area contributed by atoms with Crippen LogP contribution in [0, 0.1) is 0 Å². The lowest BCUT2D eigenvalue weighted by molar-refractivity contribution is -0.0729. The van der Waals surface area contributed by atoms with Gasteiger partial charge in [-0.2, -0.15) is 0 Å². The van der Waals surface area contributed by atoms with Gasteiger partial charge < -0.3 is 9.84 Å². The molecule has 1 rings (SSSR count). The van der Waals surface area contributed by atoms with Crippen LogP contribution in [0.25, 0.3) is 0 Å². The Morgan fingerprint density at radius 1 is 1.29 bits per heavy atom. The highest BCUT2D eigenvalue weighted by Crippen LogP contribution is 2.14. The van der Waals surface area contributed by atoms with Crippen LogP contribution in [-0.4, -0.2) is 47.4 Å². The van der Waals surface area contributed by atoms with Gasteiger partial charge in [-0.25, -0.2) is 0 Å². The second-order valence-electron chi connectivity index (χ2n) is 5.08. The molecule has 84 valence electrons. The third kappa shape index (κ3) is 4.40. The van der Waals surface area contributed by atoms with Crippen molar-refractivity contribution in [1.29, 1.82) is 0 Å². The first-order valence-corrected chi connectivity index (χ1v) is 5.47. The van der Waals surface area contributed by atoms with Gasteiger partial charge >= 0.3 is 0 Å². The van der Waals surface area contributed by atoms with E-state index >= 15 is 0 Å². The van der Waals surface area contributed by atoms with Crippen molar-refractivity contribution in [2.75, 3.05) is 19.6 Å². The summed E-state index contributed by atoms with van der Waals surface area (Å²) in [6, 6.07) is 0. The van der Waals surface area contributed by atoms with Gasteiger partial charge in [-0.3, -0.25) is 4.90 Å². The Morgan fingerprint density at radius 2 is 1.79 bits per heavy atom. The van der Waals surface area contributed by atoms with Crippen molar-refractivity contribution >= 4 is 0 Å². The van der Waals surface area contributed by atoms with E-state index in [1.807, 2.05) is 13.8 Å². The molecular formula is C11H23NO2. The van der Waals surface area contributed by atoms with Crippen LogP contribution in [0.15, 0.2) is 0 Å². The molecule has 3 nitrogen and oxygen atoms in total. The topological polar surface area (TPSA) is 32.7 Å². The smallest absolute Gasteiger partial charge is 0.0678 e. The summed E-state index contributed by atoms with van der Waals surface area (Å²) in [5.74, 6) is 0. The number of hydrogen-bond donors (Lipinski definition) is 1. The molecule has 0 bridgehead atoms. The summed E-state index contributed by atoms with van der Waals surface area (Å²) >= 11 is 0. The number of rotatable bonds is 3. The minimum Gasteiger partial charge on any atom is -0.390 e. The summed E-state index contributed by atoms with van der Waals surface area (Å²) in [6.07, 6.45) is 1.47. The van der Waals surface area contributed by atoms with Crippen molar-refractivity contribution in [3.63, 3.8) is 0 Å². The Bertz CT molecular complexity index is 167. The van der Waals surface area contributed by atoms with Gasteiger partial charge in [0.1, 0.15) is 0 Å². The Morgan fingerprint density at radius 3 is 2.21 bits per heavy atom. The molecule has 0 aliphatic carbocycles. The fraction of sp³-hybridized carbons (Fsp3) is 1.00. The molecule has 0 saturated carbocycles. The predicted molar refractivity (Wildman–Crippen MR) is 57.4 cm³/mol. The Labute approximate surface area is 87.1 Å². The SMILES string of the molecule is CC1CN(CCC(C)(C)O)CC(C)O1. The molecule has 14 heavy (non-hydrogen) atoms. The summed E-state index contributed by atoms with van der Waals surface area (Å²) in [5.41, 5.74) is -0.551. The molecule has 2 unspecified atom stereocenters. The molecule has 1 aliphatic heterocycles. The lowest BCUT2D eigenvalue weighted by atomic mass is 10.0. The van der Waals surface area contributed by atoms with Crippen molar-refractivity contribution in [2.45, 2.75) is 51.9 Å². The van der Waals surface area contributed by atoms with Crippen LogP contribution >= 0.6 is 0 Å². The molecular weight excluding hydrogens is 178 g/mol. The van der Waals surface area contributed by atoms with Crippen LogP contribution in [0.4, 0.5) is 0 Å². The second-order valence-corrected chi connectivity index (χ2v) is 5.08. The predicted octanol–water partition coefficient (Wildman–Crippen LogP) is 1.26. The van der Waals surface area contributed by atoms with E-state index in [0.717, 1.165) is 26.1 Å². The maximum atomic E-state index is 9.62. The highest BCUT2D eigenvalue weighted by Gasteiger charge is 2.23. The number of ether oxygens (including phenoxy) is 1. The third-order valence-electron chi connectivity index (χ3n) is 2.54. The van der Waals surface area contributed by atoms with Crippen LogP contribution < -0.4 is 0 Å². The van der Waals surface area contributed by atoms with Gasteiger partial charge in [0.15, 0.2) is 0 Å². The average Bonchev–Trinajstić information content (AvgIpc) is 1.97. The average molecular weight is 201 g/mol. The number of nitrogens with zero attached hydrogens (tertiary/aromatic N) is 1. The quantitative estimate of drug-likeness (QED) is 0.746. The molecule has 0 radical (unpaired) electrons. The fourth-order valence-electron chi connectivity index (χ4n) is 1.90. The van der Waals surface area contributed by atoms with E-state index in [-0.39, 0.29) is 0 Å². The van der Waals surface area contributed by atoms with Gasteiger partial charge in [-0.1, -0.05) is 0 Å². The zero-order valence-electron chi connectivity index (χ0n) is 9.79. The van der Waals surface area contributed by atoms with Gasteiger partial charge in [0.2, 0.25) is 0 Å². The Kier molecular flexibility index (Phi) is 3.93. The summed E-state index contributed by atoms with van der Waals surface area (Å²) < 4.78 is 5.64. The van der Waals surface area contributed by atoms with E-state index in [9.17, 15) is 5.11 Å². The Balaban J connectivity index is 2.30. The molecule has 1 aliphatic rings. The minimum absolute atomic E-state index is 0.320.